The number of allylic oxidation sites excluding steroid dienone is 1. The van der Waals surface area contributed by atoms with E-state index in [0.29, 0.717) is 0 Å². The van der Waals surface area contributed by atoms with Crippen molar-refractivity contribution in [2.45, 2.75) is 19.3 Å². The van der Waals surface area contributed by atoms with Crippen molar-refractivity contribution in [1.82, 2.24) is 0 Å². The molecule has 0 aromatic heterocycles. The molecule has 0 radical (unpaired) electrons. The maximum absolute atomic E-state index is 4.23. The molecule has 0 nitrogen and oxygen atoms in total. The highest BCUT2D eigenvalue weighted by molar-refractivity contribution is 5.82. The van der Waals surface area contributed by atoms with Crippen molar-refractivity contribution in [1.29, 1.82) is 0 Å². The first-order chi connectivity index (χ1) is 8.36. The lowest BCUT2D eigenvalue weighted by molar-refractivity contribution is 0.851. The molecule has 0 heterocycles. The van der Waals surface area contributed by atoms with Gasteiger partial charge < -0.3 is 0 Å². The summed E-state index contributed by atoms with van der Waals surface area (Å²) < 4.78 is 0. The smallest absolute Gasteiger partial charge is 0.0106 e. The predicted molar refractivity (Wildman–Crippen MR) is 73.9 cm³/mol. The van der Waals surface area contributed by atoms with Crippen LogP contribution in [0.4, 0.5) is 0 Å². The monoisotopic (exact) mass is 220 g/mol. The number of hydrogen-bond donors (Lipinski definition) is 0. The molecule has 2 aromatic carbocycles. The van der Waals surface area contributed by atoms with E-state index >= 15 is 0 Å². The van der Waals surface area contributed by atoms with Crippen molar-refractivity contribution in [3.8, 4) is 11.1 Å². The minimum atomic E-state index is 1.10. The molecule has 0 unspecified atom stereocenters. The van der Waals surface area contributed by atoms with Crippen LogP contribution < -0.4 is 0 Å². The summed E-state index contributed by atoms with van der Waals surface area (Å²) in [5.74, 6) is 0. The van der Waals surface area contributed by atoms with E-state index in [1.54, 1.807) is 0 Å². The van der Waals surface area contributed by atoms with Gasteiger partial charge in [0.2, 0.25) is 0 Å². The minimum Gasteiger partial charge on any atom is -0.0952 e. The van der Waals surface area contributed by atoms with Crippen LogP contribution in [-0.4, -0.2) is 0 Å². The molecule has 0 bridgehead atoms. The molecule has 0 heteroatoms. The third-order valence-electron chi connectivity index (χ3n) is 3.54. The van der Waals surface area contributed by atoms with Gasteiger partial charge in [0.25, 0.3) is 0 Å². The molecule has 0 N–H and O–H groups in total. The van der Waals surface area contributed by atoms with Gasteiger partial charge in [0.15, 0.2) is 0 Å². The first-order valence-corrected chi connectivity index (χ1v) is 6.22. The number of fused-ring (bicyclic) bond motifs is 3. The van der Waals surface area contributed by atoms with E-state index in [0.717, 1.165) is 12.8 Å². The average molecular weight is 220 g/mol. The third-order valence-corrected chi connectivity index (χ3v) is 3.54. The second-order valence-electron chi connectivity index (χ2n) is 4.66. The highest BCUT2D eigenvalue weighted by atomic mass is 14.2. The van der Waals surface area contributed by atoms with Crippen molar-refractivity contribution in [2.24, 2.45) is 0 Å². The molecule has 17 heavy (non-hydrogen) atoms. The molecule has 0 saturated heterocycles. The summed E-state index contributed by atoms with van der Waals surface area (Å²) in [6.45, 7) is 4.23. The maximum Gasteiger partial charge on any atom is -0.0106 e. The largest absolute Gasteiger partial charge is 0.0952 e. The van der Waals surface area contributed by atoms with Crippen LogP contribution in [0.1, 0.15) is 24.0 Å². The maximum atomic E-state index is 4.23. The fourth-order valence-electron chi connectivity index (χ4n) is 2.65. The Balaban J connectivity index is 2.28. The Morgan fingerprint density at radius 1 is 0.706 bits per heavy atom. The van der Waals surface area contributed by atoms with Crippen LogP contribution in [0.3, 0.4) is 0 Å². The van der Waals surface area contributed by atoms with Crippen LogP contribution in [-0.2, 0) is 6.42 Å². The van der Waals surface area contributed by atoms with Crippen LogP contribution in [0.5, 0.6) is 0 Å². The van der Waals surface area contributed by atoms with Crippen molar-refractivity contribution in [3.05, 3.63) is 66.2 Å². The normalized spacial score (nSPS) is 14.5. The number of benzene rings is 2. The van der Waals surface area contributed by atoms with Gasteiger partial charge in [-0.1, -0.05) is 55.1 Å². The van der Waals surface area contributed by atoms with Crippen LogP contribution in [0.15, 0.2) is 55.1 Å². The summed E-state index contributed by atoms with van der Waals surface area (Å²) in [5.41, 5.74) is 6.78. The van der Waals surface area contributed by atoms with Gasteiger partial charge in [-0.15, -0.1) is 0 Å². The summed E-state index contributed by atoms with van der Waals surface area (Å²) in [4.78, 5) is 0. The van der Waals surface area contributed by atoms with Crippen molar-refractivity contribution >= 4 is 5.57 Å². The molecular formula is C17H16. The van der Waals surface area contributed by atoms with Crippen molar-refractivity contribution in [2.75, 3.05) is 0 Å². The lowest BCUT2D eigenvalue weighted by atomic mass is 9.86. The number of aryl methyl sites for hydroxylation is 1. The number of rotatable bonds is 0. The van der Waals surface area contributed by atoms with Crippen LogP contribution in [0.2, 0.25) is 0 Å². The lowest BCUT2D eigenvalue weighted by Gasteiger charge is -2.18. The molecule has 0 atom stereocenters. The van der Waals surface area contributed by atoms with Crippen LogP contribution in [0.25, 0.3) is 16.7 Å². The molecule has 0 amide bonds. The lowest BCUT2D eigenvalue weighted by Crippen LogP contribution is -1.98. The Bertz CT molecular complexity index is 564. The number of hydrogen-bond acceptors (Lipinski definition) is 0. The first kappa shape index (κ1) is 10.3. The van der Waals surface area contributed by atoms with Crippen LogP contribution >= 0.6 is 0 Å². The SMILES string of the molecule is C=C1CCCc2ccccc2-c2ccccc21. The van der Waals surface area contributed by atoms with Gasteiger partial charge in [0, 0.05) is 0 Å². The van der Waals surface area contributed by atoms with Gasteiger partial charge in [0.05, 0.1) is 0 Å². The standard InChI is InChI=1S/C17H16/c1-13-7-6-9-14-8-2-3-11-16(14)17-12-5-4-10-15(13)17/h2-5,8,10-12H,1,6-7,9H2. The highest BCUT2D eigenvalue weighted by Gasteiger charge is 2.13. The Morgan fingerprint density at radius 3 is 2.18 bits per heavy atom. The predicted octanol–water partition coefficient (Wildman–Crippen LogP) is 4.70. The quantitative estimate of drug-likeness (QED) is 0.603. The molecule has 84 valence electrons. The molecule has 1 aliphatic rings. The highest BCUT2D eigenvalue weighted by Crippen LogP contribution is 2.35. The zero-order chi connectivity index (χ0) is 11.7. The van der Waals surface area contributed by atoms with E-state index in [4.69, 9.17) is 0 Å². The van der Waals surface area contributed by atoms with E-state index in [2.05, 4.69) is 55.1 Å². The van der Waals surface area contributed by atoms with Crippen molar-refractivity contribution in [3.63, 3.8) is 0 Å². The van der Waals surface area contributed by atoms with E-state index in [1.807, 2.05) is 0 Å². The zero-order valence-corrected chi connectivity index (χ0v) is 9.95. The molecule has 2 aromatic rings. The van der Waals surface area contributed by atoms with Gasteiger partial charge in [0.1, 0.15) is 0 Å². The Labute approximate surface area is 103 Å². The Hall–Kier alpha value is -1.82. The molecule has 0 spiro atoms. The minimum absolute atomic E-state index is 1.10. The topological polar surface area (TPSA) is 0 Å². The summed E-state index contributed by atoms with van der Waals surface area (Å²) in [5, 5.41) is 0. The van der Waals surface area contributed by atoms with Gasteiger partial charge in [-0.3, -0.25) is 0 Å². The van der Waals surface area contributed by atoms with Crippen molar-refractivity contribution < 1.29 is 0 Å². The van der Waals surface area contributed by atoms with Crippen LogP contribution in [0, 0.1) is 0 Å². The molecule has 0 fully saturated rings. The van der Waals surface area contributed by atoms with Gasteiger partial charge in [-0.2, -0.15) is 0 Å². The summed E-state index contributed by atoms with van der Waals surface area (Å²) >= 11 is 0. The second kappa shape index (κ2) is 4.21. The van der Waals surface area contributed by atoms with E-state index in [1.165, 1.54) is 34.2 Å². The first-order valence-electron chi connectivity index (χ1n) is 6.22. The second-order valence-corrected chi connectivity index (χ2v) is 4.66. The third kappa shape index (κ3) is 1.80. The van der Waals surface area contributed by atoms with Gasteiger partial charge >= 0.3 is 0 Å². The molecule has 0 saturated carbocycles. The van der Waals surface area contributed by atoms with E-state index in [9.17, 15) is 0 Å². The summed E-state index contributed by atoms with van der Waals surface area (Å²) in [7, 11) is 0. The molecule has 3 rings (SSSR count). The van der Waals surface area contributed by atoms with Gasteiger partial charge in [-0.25, -0.2) is 0 Å². The molecule has 1 aliphatic carbocycles. The molecular weight excluding hydrogens is 204 g/mol. The average Bonchev–Trinajstić information content (AvgIpc) is 2.37. The summed E-state index contributed by atoms with van der Waals surface area (Å²) in [6.07, 6.45) is 3.46. The fraction of sp³-hybridized carbons (Fsp3) is 0.176. The fourth-order valence-corrected chi connectivity index (χ4v) is 2.65. The van der Waals surface area contributed by atoms with E-state index in [-0.39, 0.29) is 0 Å². The summed E-state index contributed by atoms with van der Waals surface area (Å²) in [6, 6.07) is 17.4. The van der Waals surface area contributed by atoms with E-state index < -0.39 is 0 Å². The zero-order valence-electron chi connectivity index (χ0n) is 9.95. The Kier molecular flexibility index (Phi) is 2.56. The Morgan fingerprint density at radius 2 is 1.35 bits per heavy atom. The molecule has 0 aliphatic heterocycles. The van der Waals surface area contributed by atoms with Gasteiger partial charge in [-0.05, 0) is 47.1 Å².